The maximum absolute atomic E-state index is 9.60. The third-order valence-corrected chi connectivity index (χ3v) is 10.2. The monoisotopic (exact) mass is 611 g/mol. The molecule has 1 aromatic heterocycles. The number of hydrogen-bond donors (Lipinski definition) is 0. The minimum atomic E-state index is 0.119. The lowest BCUT2D eigenvalue weighted by atomic mass is 10.0. The van der Waals surface area contributed by atoms with Crippen molar-refractivity contribution in [2.45, 2.75) is 58.0 Å². The zero-order chi connectivity index (χ0) is 30.1. The van der Waals surface area contributed by atoms with E-state index in [2.05, 4.69) is 62.2 Å². The number of benzene rings is 2. The summed E-state index contributed by atoms with van der Waals surface area (Å²) in [4.78, 5) is 19.9. The number of piperazine rings is 1. The smallest absolute Gasteiger partial charge is 0.318 e. The van der Waals surface area contributed by atoms with Gasteiger partial charge in [-0.15, -0.1) is 0 Å². The average Bonchev–Trinajstić information content (AvgIpc) is 3.61. The van der Waals surface area contributed by atoms with Crippen molar-refractivity contribution in [1.29, 1.82) is 5.26 Å². The van der Waals surface area contributed by atoms with E-state index >= 15 is 0 Å². The van der Waals surface area contributed by atoms with Crippen LogP contribution in [0.4, 0.5) is 11.5 Å². The molecule has 0 bridgehead atoms. The molecule has 230 valence electrons. The minimum absolute atomic E-state index is 0.119. The van der Waals surface area contributed by atoms with Crippen LogP contribution in [0.2, 0.25) is 5.02 Å². The molecule has 4 aliphatic rings. The highest BCUT2D eigenvalue weighted by Crippen LogP contribution is 2.47. The number of nitrogens with zero attached hydrogens (tertiary/aromatic N) is 7. The van der Waals surface area contributed by atoms with Crippen LogP contribution in [-0.2, 0) is 13.0 Å². The van der Waals surface area contributed by atoms with Crippen LogP contribution < -0.4 is 14.5 Å². The number of rotatable bonds is 9. The number of allylic oxidation sites excluding steroid dienone is 1. The minimum Gasteiger partial charge on any atom is -0.463 e. The molecular weight excluding hydrogens is 570 g/mol. The van der Waals surface area contributed by atoms with Gasteiger partial charge in [-0.05, 0) is 75.8 Å². The van der Waals surface area contributed by atoms with Gasteiger partial charge in [0.1, 0.15) is 5.82 Å². The zero-order valence-corrected chi connectivity index (χ0v) is 26.5. The van der Waals surface area contributed by atoms with E-state index in [-0.39, 0.29) is 11.5 Å². The van der Waals surface area contributed by atoms with Crippen LogP contribution in [0.3, 0.4) is 0 Å². The van der Waals surface area contributed by atoms with E-state index in [1.54, 1.807) is 0 Å². The SMILES string of the molecule is CC=CN1CCN(c2nc(OCC3(CN4CCCC4)CC3)nc3c2CCN(c2cccc4cccc(Cl)c24)C3)C[C@@H]1CC#N. The van der Waals surface area contributed by atoms with Crippen molar-refractivity contribution in [3.63, 3.8) is 0 Å². The average molecular weight is 612 g/mol. The molecule has 3 aromatic rings. The van der Waals surface area contributed by atoms with Crippen LogP contribution >= 0.6 is 11.6 Å². The summed E-state index contributed by atoms with van der Waals surface area (Å²) in [5.41, 5.74) is 3.59. The number of fused-ring (bicyclic) bond motifs is 2. The number of halogens is 1. The summed E-state index contributed by atoms with van der Waals surface area (Å²) in [6.45, 7) is 10.2. The van der Waals surface area contributed by atoms with Gasteiger partial charge in [0, 0.05) is 54.8 Å². The maximum atomic E-state index is 9.60. The number of aromatic nitrogens is 2. The predicted molar refractivity (Wildman–Crippen MR) is 176 cm³/mol. The van der Waals surface area contributed by atoms with E-state index in [1.807, 2.05) is 19.1 Å². The highest BCUT2D eigenvalue weighted by Gasteiger charge is 2.45. The van der Waals surface area contributed by atoms with Crippen LogP contribution in [0.1, 0.15) is 50.3 Å². The molecule has 2 aromatic carbocycles. The molecule has 4 heterocycles. The van der Waals surface area contributed by atoms with Crippen molar-refractivity contribution in [3.8, 4) is 12.1 Å². The zero-order valence-electron chi connectivity index (χ0n) is 25.7. The first-order valence-electron chi connectivity index (χ1n) is 16.2. The molecule has 1 atom stereocenters. The Balaban J connectivity index is 1.20. The van der Waals surface area contributed by atoms with Gasteiger partial charge < -0.3 is 24.3 Å². The normalized spacial score (nSPS) is 21.6. The van der Waals surface area contributed by atoms with Gasteiger partial charge in [-0.3, -0.25) is 0 Å². The summed E-state index contributed by atoms with van der Waals surface area (Å²) in [7, 11) is 0. The van der Waals surface area contributed by atoms with Gasteiger partial charge >= 0.3 is 6.01 Å². The Morgan fingerprint density at radius 1 is 1.05 bits per heavy atom. The first-order valence-corrected chi connectivity index (χ1v) is 16.6. The fraction of sp³-hybridized carbons (Fsp3) is 0.514. The first-order chi connectivity index (χ1) is 21.6. The molecule has 1 aliphatic carbocycles. The molecule has 0 N–H and O–H groups in total. The summed E-state index contributed by atoms with van der Waals surface area (Å²) >= 11 is 6.74. The number of ether oxygens (including phenoxy) is 1. The molecule has 0 spiro atoms. The van der Waals surface area contributed by atoms with Crippen molar-refractivity contribution in [2.75, 3.05) is 62.2 Å². The lowest BCUT2D eigenvalue weighted by Gasteiger charge is -2.42. The summed E-state index contributed by atoms with van der Waals surface area (Å²) in [6.07, 6.45) is 10.5. The van der Waals surface area contributed by atoms with E-state index in [0.717, 1.165) is 72.1 Å². The Morgan fingerprint density at radius 3 is 2.64 bits per heavy atom. The Bertz CT molecular complexity index is 1570. The molecule has 44 heavy (non-hydrogen) atoms. The van der Waals surface area contributed by atoms with Crippen molar-refractivity contribution in [3.05, 3.63) is 65.0 Å². The Hall–Kier alpha value is -3.54. The maximum Gasteiger partial charge on any atom is 0.318 e. The van der Waals surface area contributed by atoms with Gasteiger partial charge in [0.15, 0.2) is 0 Å². The molecule has 8 nitrogen and oxygen atoms in total. The van der Waals surface area contributed by atoms with Gasteiger partial charge in [0.2, 0.25) is 0 Å². The van der Waals surface area contributed by atoms with Crippen molar-refractivity contribution in [2.24, 2.45) is 5.41 Å². The van der Waals surface area contributed by atoms with Crippen molar-refractivity contribution in [1.82, 2.24) is 19.8 Å². The third kappa shape index (κ3) is 5.92. The topological polar surface area (TPSA) is 71.8 Å². The second-order valence-electron chi connectivity index (χ2n) is 13.0. The van der Waals surface area contributed by atoms with Gasteiger partial charge in [0.05, 0.1) is 42.4 Å². The number of anilines is 2. The second kappa shape index (κ2) is 12.5. The van der Waals surface area contributed by atoms with Crippen molar-refractivity contribution >= 4 is 33.9 Å². The molecule has 0 unspecified atom stereocenters. The van der Waals surface area contributed by atoms with Crippen LogP contribution in [0.15, 0.2) is 48.7 Å². The van der Waals surface area contributed by atoms with Gasteiger partial charge in [-0.1, -0.05) is 41.9 Å². The number of nitriles is 1. The van der Waals surface area contributed by atoms with E-state index in [0.29, 0.717) is 25.6 Å². The molecular formula is C35H42ClN7O. The quantitative estimate of drug-likeness (QED) is 0.290. The van der Waals surface area contributed by atoms with E-state index < -0.39 is 0 Å². The summed E-state index contributed by atoms with van der Waals surface area (Å²) in [5.74, 6) is 0.980. The summed E-state index contributed by atoms with van der Waals surface area (Å²) in [6, 6.07) is 15.5. The van der Waals surface area contributed by atoms with Crippen molar-refractivity contribution < 1.29 is 4.74 Å². The standard InChI is InChI=1S/C35H42ClN7O/c1-2-16-41-20-21-43(22-27(41)11-15-37)33-28-12-19-42(31-10-6-8-26-7-5-9-29(36)32(26)31)23-30(28)38-34(39-33)44-25-35(13-14-35)24-40-17-3-4-18-40/h2,5-10,16,27H,3-4,11-14,17-25H2,1H3/t27-/m0/s1. The number of likely N-dealkylation sites (tertiary alicyclic amines) is 1. The molecule has 7 rings (SSSR count). The van der Waals surface area contributed by atoms with Crippen LogP contribution in [0.25, 0.3) is 10.8 Å². The molecule has 3 aliphatic heterocycles. The molecule has 1 saturated carbocycles. The first kappa shape index (κ1) is 29.2. The Labute approximate surface area is 265 Å². The number of hydrogen-bond acceptors (Lipinski definition) is 8. The van der Waals surface area contributed by atoms with E-state index in [4.69, 9.17) is 26.3 Å². The second-order valence-corrected chi connectivity index (χ2v) is 13.4. The molecule has 2 saturated heterocycles. The highest BCUT2D eigenvalue weighted by molar-refractivity contribution is 6.36. The fourth-order valence-electron chi connectivity index (χ4n) is 7.35. The lowest BCUT2D eigenvalue weighted by molar-refractivity contribution is 0.169. The summed E-state index contributed by atoms with van der Waals surface area (Å²) in [5, 5.41) is 12.6. The molecule has 9 heteroatoms. The molecule has 3 fully saturated rings. The fourth-order valence-corrected chi connectivity index (χ4v) is 7.63. The van der Waals surface area contributed by atoms with Gasteiger partial charge in [0.25, 0.3) is 0 Å². The van der Waals surface area contributed by atoms with E-state index in [1.165, 1.54) is 44.3 Å². The van der Waals surface area contributed by atoms with Crippen LogP contribution in [0, 0.1) is 16.7 Å². The predicted octanol–water partition coefficient (Wildman–Crippen LogP) is 6.04. The van der Waals surface area contributed by atoms with Gasteiger partial charge in [-0.2, -0.15) is 15.2 Å². The third-order valence-electron chi connectivity index (χ3n) is 9.91. The van der Waals surface area contributed by atoms with Crippen LogP contribution in [0.5, 0.6) is 6.01 Å². The Morgan fingerprint density at radius 2 is 1.86 bits per heavy atom. The Kier molecular flexibility index (Phi) is 8.26. The van der Waals surface area contributed by atoms with Gasteiger partial charge in [-0.25, -0.2) is 0 Å². The molecule has 0 amide bonds. The largest absolute Gasteiger partial charge is 0.463 e. The highest BCUT2D eigenvalue weighted by atomic mass is 35.5. The molecule has 0 radical (unpaired) electrons. The van der Waals surface area contributed by atoms with E-state index in [9.17, 15) is 5.26 Å². The lowest BCUT2D eigenvalue weighted by Crippen LogP contribution is -2.51. The summed E-state index contributed by atoms with van der Waals surface area (Å²) < 4.78 is 6.52. The van der Waals surface area contributed by atoms with Crippen LogP contribution in [-0.4, -0.2) is 78.2 Å².